The van der Waals surface area contributed by atoms with E-state index < -0.39 is 0 Å². The van der Waals surface area contributed by atoms with E-state index in [1.165, 1.54) is 0 Å². The van der Waals surface area contributed by atoms with E-state index in [9.17, 15) is 9.59 Å². The summed E-state index contributed by atoms with van der Waals surface area (Å²) in [7, 11) is 0. The van der Waals surface area contributed by atoms with Gasteiger partial charge in [-0.1, -0.05) is 41.9 Å². The Morgan fingerprint density at radius 1 is 0.929 bits per heavy atom. The maximum absolute atomic E-state index is 13.2. The van der Waals surface area contributed by atoms with Crippen molar-refractivity contribution in [2.24, 2.45) is 5.92 Å². The van der Waals surface area contributed by atoms with Gasteiger partial charge in [0.25, 0.3) is 0 Å². The first kappa shape index (κ1) is 19.2. The molecule has 2 aromatic rings. The molecular weight excluding hydrogens is 372 g/mol. The van der Waals surface area contributed by atoms with Gasteiger partial charge in [0, 0.05) is 36.8 Å². The van der Waals surface area contributed by atoms with Crippen molar-refractivity contribution in [3.05, 3.63) is 70.7 Å². The van der Waals surface area contributed by atoms with E-state index in [-0.39, 0.29) is 17.6 Å². The molecule has 28 heavy (non-hydrogen) atoms. The first-order valence-corrected chi connectivity index (χ1v) is 10.3. The number of benzene rings is 2. The number of halogens is 1. The lowest BCUT2D eigenvalue weighted by molar-refractivity contribution is -0.135. The van der Waals surface area contributed by atoms with Crippen molar-refractivity contribution in [3.8, 4) is 0 Å². The molecule has 2 aromatic carbocycles. The van der Waals surface area contributed by atoms with E-state index in [4.69, 9.17) is 11.6 Å². The lowest BCUT2D eigenvalue weighted by Gasteiger charge is -2.36. The molecule has 146 valence electrons. The van der Waals surface area contributed by atoms with Gasteiger partial charge in [0.1, 0.15) is 0 Å². The smallest absolute Gasteiger partial charge is 0.230 e. The second kappa shape index (κ2) is 8.46. The summed E-state index contributed by atoms with van der Waals surface area (Å²) in [6.07, 6.45) is 2.28. The van der Waals surface area contributed by atoms with Crippen LogP contribution in [0.1, 0.15) is 34.7 Å². The highest BCUT2D eigenvalue weighted by atomic mass is 35.5. The van der Waals surface area contributed by atoms with Gasteiger partial charge in [-0.3, -0.25) is 14.5 Å². The molecule has 5 heteroatoms. The van der Waals surface area contributed by atoms with Crippen LogP contribution < -0.4 is 0 Å². The SMILES string of the molecule is O=C(CN1CCN(C(=O)C(c2ccccc2)C2CC2)CC1)c1ccc(Cl)cc1. The summed E-state index contributed by atoms with van der Waals surface area (Å²) in [6.45, 7) is 3.22. The van der Waals surface area contributed by atoms with Gasteiger partial charge in [-0.25, -0.2) is 0 Å². The van der Waals surface area contributed by atoms with E-state index in [2.05, 4.69) is 17.0 Å². The normalized spacial score (nSPS) is 18.7. The van der Waals surface area contributed by atoms with Crippen molar-refractivity contribution in [1.29, 1.82) is 0 Å². The standard InChI is InChI=1S/C23H25ClN2O2/c24-20-10-8-17(9-11-20)21(27)16-25-12-14-26(15-13-25)23(28)22(19-6-7-19)18-4-2-1-3-5-18/h1-5,8-11,19,22H,6-7,12-16H2. The lowest BCUT2D eigenvalue weighted by Crippen LogP contribution is -2.51. The molecule has 1 amide bonds. The van der Waals surface area contributed by atoms with Gasteiger partial charge in [-0.15, -0.1) is 0 Å². The fraction of sp³-hybridized carbons (Fsp3) is 0.391. The van der Waals surface area contributed by atoms with Crippen LogP contribution in [0.4, 0.5) is 0 Å². The number of amides is 1. The predicted molar refractivity (Wildman–Crippen MR) is 111 cm³/mol. The summed E-state index contributed by atoms with van der Waals surface area (Å²) in [4.78, 5) is 29.8. The van der Waals surface area contributed by atoms with Crippen LogP contribution in [0.15, 0.2) is 54.6 Å². The third-order valence-electron chi connectivity index (χ3n) is 5.74. The highest BCUT2D eigenvalue weighted by molar-refractivity contribution is 6.30. The maximum atomic E-state index is 13.2. The zero-order valence-electron chi connectivity index (χ0n) is 15.9. The molecule has 1 heterocycles. The molecule has 0 N–H and O–H groups in total. The van der Waals surface area contributed by atoms with Crippen LogP contribution in [0.3, 0.4) is 0 Å². The van der Waals surface area contributed by atoms with Gasteiger partial charge in [0.15, 0.2) is 5.78 Å². The molecule has 0 bridgehead atoms. The molecule has 4 nitrogen and oxygen atoms in total. The van der Waals surface area contributed by atoms with E-state index in [1.807, 2.05) is 23.1 Å². The van der Waals surface area contributed by atoms with Gasteiger partial charge in [-0.05, 0) is 48.6 Å². The topological polar surface area (TPSA) is 40.6 Å². The van der Waals surface area contributed by atoms with Crippen molar-refractivity contribution in [2.75, 3.05) is 32.7 Å². The van der Waals surface area contributed by atoms with E-state index in [0.29, 0.717) is 36.1 Å². The maximum Gasteiger partial charge on any atom is 0.230 e. The first-order chi connectivity index (χ1) is 13.6. The van der Waals surface area contributed by atoms with Crippen molar-refractivity contribution >= 4 is 23.3 Å². The van der Waals surface area contributed by atoms with Gasteiger partial charge in [0.2, 0.25) is 5.91 Å². The van der Waals surface area contributed by atoms with Crippen LogP contribution >= 0.6 is 11.6 Å². The average molecular weight is 397 g/mol. The number of nitrogens with zero attached hydrogens (tertiary/aromatic N) is 2. The van der Waals surface area contributed by atoms with Crippen LogP contribution in [-0.2, 0) is 4.79 Å². The fourth-order valence-corrected chi connectivity index (χ4v) is 4.09. The number of piperazine rings is 1. The highest BCUT2D eigenvalue weighted by Gasteiger charge is 2.39. The Kier molecular flexibility index (Phi) is 5.79. The molecule has 0 aromatic heterocycles. The minimum atomic E-state index is -0.0107. The Balaban J connectivity index is 1.34. The molecule has 1 aliphatic carbocycles. The minimum Gasteiger partial charge on any atom is -0.340 e. The number of carbonyl (C=O) groups excluding carboxylic acids is 2. The van der Waals surface area contributed by atoms with E-state index in [0.717, 1.165) is 31.5 Å². The lowest BCUT2D eigenvalue weighted by atomic mass is 9.92. The van der Waals surface area contributed by atoms with E-state index in [1.54, 1.807) is 24.3 Å². The second-order valence-electron chi connectivity index (χ2n) is 7.76. The number of ketones is 1. The molecule has 1 aliphatic heterocycles. The second-order valence-corrected chi connectivity index (χ2v) is 8.19. The fourth-order valence-electron chi connectivity index (χ4n) is 3.96. The molecule has 1 saturated carbocycles. The van der Waals surface area contributed by atoms with Crippen LogP contribution in [-0.4, -0.2) is 54.2 Å². The Morgan fingerprint density at radius 2 is 1.57 bits per heavy atom. The zero-order valence-corrected chi connectivity index (χ0v) is 16.6. The summed E-state index contributed by atoms with van der Waals surface area (Å²) >= 11 is 5.89. The number of Topliss-reactive ketones (excluding diaryl/α,β-unsaturated/α-hetero) is 1. The van der Waals surface area contributed by atoms with Gasteiger partial charge in [0.05, 0.1) is 12.5 Å². The molecule has 1 unspecified atom stereocenters. The van der Waals surface area contributed by atoms with Gasteiger partial charge < -0.3 is 4.90 Å². The number of carbonyl (C=O) groups is 2. The molecular formula is C23H25ClN2O2. The molecule has 1 saturated heterocycles. The Hall–Kier alpha value is -2.17. The highest BCUT2D eigenvalue weighted by Crippen LogP contribution is 2.43. The number of hydrogen-bond acceptors (Lipinski definition) is 3. The third-order valence-corrected chi connectivity index (χ3v) is 5.99. The van der Waals surface area contributed by atoms with Crippen LogP contribution in [0.25, 0.3) is 0 Å². The predicted octanol–water partition coefficient (Wildman–Crippen LogP) is 3.86. The van der Waals surface area contributed by atoms with Gasteiger partial charge in [-0.2, -0.15) is 0 Å². The zero-order chi connectivity index (χ0) is 19.5. The van der Waals surface area contributed by atoms with Crippen LogP contribution in [0, 0.1) is 5.92 Å². The van der Waals surface area contributed by atoms with Crippen molar-refractivity contribution in [3.63, 3.8) is 0 Å². The minimum absolute atomic E-state index is 0.0107. The Morgan fingerprint density at radius 3 is 2.18 bits per heavy atom. The Labute approximate surface area is 171 Å². The average Bonchev–Trinajstić information content (AvgIpc) is 3.55. The molecule has 0 radical (unpaired) electrons. The summed E-state index contributed by atoms with van der Waals surface area (Å²) < 4.78 is 0. The van der Waals surface area contributed by atoms with Crippen LogP contribution in [0.5, 0.6) is 0 Å². The summed E-state index contributed by atoms with van der Waals surface area (Å²) in [5.41, 5.74) is 1.82. The van der Waals surface area contributed by atoms with Crippen LogP contribution in [0.2, 0.25) is 5.02 Å². The summed E-state index contributed by atoms with van der Waals surface area (Å²) in [5, 5.41) is 0.632. The Bertz CT molecular complexity index is 825. The summed E-state index contributed by atoms with van der Waals surface area (Å²) in [6, 6.07) is 17.2. The molecule has 0 spiro atoms. The molecule has 4 rings (SSSR count). The molecule has 2 fully saturated rings. The molecule has 1 atom stereocenters. The number of rotatable bonds is 6. The van der Waals surface area contributed by atoms with Gasteiger partial charge >= 0.3 is 0 Å². The van der Waals surface area contributed by atoms with Crippen molar-refractivity contribution in [2.45, 2.75) is 18.8 Å². The summed E-state index contributed by atoms with van der Waals surface area (Å²) in [5.74, 6) is 0.817. The quantitative estimate of drug-likeness (QED) is 0.696. The third kappa shape index (κ3) is 4.45. The molecule has 2 aliphatic rings. The van der Waals surface area contributed by atoms with Crippen molar-refractivity contribution < 1.29 is 9.59 Å². The largest absolute Gasteiger partial charge is 0.340 e. The van der Waals surface area contributed by atoms with Crippen molar-refractivity contribution in [1.82, 2.24) is 9.80 Å². The number of hydrogen-bond donors (Lipinski definition) is 0. The monoisotopic (exact) mass is 396 g/mol. The van der Waals surface area contributed by atoms with E-state index >= 15 is 0 Å². The first-order valence-electron chi connectivity index (χ1n) is 9.96.